The third-order valence-corrected chi connectivity index (χ3v) is 5.51. The Morgan fingerprint density at radius 2 is 1.90 bits per heavy atom. The minimum atomic E-state index is -0.879. The van der Waals surface area contributed by atoms with Crippen molar-refractivity contribution in [3.05, 3.63) is 52.8 Å². The second-order valence-electron chi connectivity index (χ2n) is 8.08. The van der Waals surface area contributed by atoms with Gasteiger partial charge in [-0.1, -0.05) is 45.7 Å². The number of aromatic nitrogens is 1. The number of carbonyl (C=O) groups excluding carboxylic acids is 1. The van der Waals surface area contributed by atoms with Gasteiger partial charge in [-0.2, -0.15) is 0 Å². The van der Waals surface area contributed by atoms with Crippen molar-refractivity contribution < 1.29 is 24.1 Å². The first-order valence-corrected chi connectivity index (χ1v) is 11.3. The number of aliphatic hydroxyl groups excluding tert-OH is 1. The Kier molecular flexibility index (Phi) is 8.29. The van der Waals surface area contributed by atoms with Crippen LogP contribution < -0.4 is 9.47 Å². The molecule has 0 spiro atoms. The van der Waals surface area contributed by atoms with E-state index in [-0.39, 0.29) is 25.1 Å². The van der Waals surface area contributed by atoms with Crippen molar-refractivity contribution in [2.75, 3.05) is 13.4 Å². The van der Waals surface area contributed by atoms with E-state index in [0.29, 0.717) is 29.2 Å². The summed E-state index contributed by atoms with van der Waals surface area (Å²) < 4.78 is 16.2. The van der Waals surface area contributed by atoms with E-state index in [1.807, 2.05) is 25.1 Å². The van der Waals surface area contributed by atoms with Crippen LogP contribution in [0.3, 0.4) is 0 Å². The summed E-state index contributed by atoms with van der Waals surface area (Å²) >= 11 is 0. The number of aliphatic hydroxyl groups is 1. The fourth-order valence-corrected chi connectivity index (χ4v) is 3.65. The van der Waals surface area contributed by atoms with Crippen LogP contribution >= 0.6 is 0 Å². The minimum absolute atomic E-state index is 0.172. The van der Waals surface area contributed by atoms with Gasteiger partial charge >= 0.3 is 5.97 Å². The molecule has 1 aliphatic rings. The fourth-order valence-electron chi connectivity index (χ4n) is 3.65. The van der Waals surface area contributed by atoms with Gasteiger partial charge in [-0.25, -0.2) is 0 Å². The SMILES string of the molecule is CCCCOC(=O)C[C@H](C)c1nc(CCCC)ccc1C(O)c1ccc2c(c1)OCO2. The number of ether oxygens (including phenoxy) is 3. The normalized spacial score (nSPS) is 14.3. The average molecular weight is 428 g/mol. The van der Waals surface area contributed by atoms with Crippen molar-refractivity contribution in [3.8, 4) is 11.5 Å². The number of benzene rings is 1. The maximum atomic E-state index is 12.3. The summed E-state index contributed by atoms with van der Waals surface area (Å²) in [5, 5.41) is 11.2. The van der Waals surface area contributed by atoms with Gasteiger partial charge in [0.15, 0.2) is 11.5 Å². The molecule has 2 atom stereocenters. The lowest BCUT2D eigenvalue weighted by atomic mass is 9.92. The zero-order valence-electron chi connectivity index (χ0n) is 18.7. The molecule has 0 saturated carbocycles. The van der Waals surface area contributed by atoms with Gasteiger partial charge in [0.1, 0.15) is 6.10 Å². The van der Waals surface area contributed by atoms with E-state index in [0.717, 1.165) is 43.5 Å². The van der Waals surface area contributed by atoms with Gasteiger partial charge in [-0.3, -0.25) is 9.78 Å². The van der Waals surface area contributed by atoms with Gasteiger partial charge in [0, 0.05) is 17.2 Å². The minimum Gasteiger partial charge on any atom is -0.466 e. The highest BCUT2D eigenvalue weighted by atomic mass is 16.7. The summed E-state index contributed by atoms with van der Waals surface area (Å²) in [6, 6.07) is 9.33. The lowest BCUT2D eigenvalue weighted by molar-refractivity contribution is -0.144. The molecule has 168 valence electrons. The van der Waals surface area contributed by atoms with E-state index in [2.05, 4.69) is 13.8 Å². The number of rotatable bonds is 11. The van der Waals surface area contributed by atoms with Crippen LogP contribution in [-0.4, -0.2) is 29.5 Å². The molecule has 0 radical (unpaired) electrons. The number of carbonyl (C=O) groups is 1. The molecule has 1 aromatic heterocycles. The summed E-state index contributed by atoms with van der Waals surface area (Å²) in [5.74, 6) is 0.894. The van der Waals surface area contributed by atoms with Gasteiger partial charge in [-0.05, 0) is 43.0 Å². The van der Waals surface area contributed by atoms with E-state index in [1.165, 1.54) is 0 Å². The molecule has 0 aliphatic carbocycles. The van der Waals surface area contributed by atoms with Crippen LogP contribution in [0.5, 0.6) is 11.5 Å². The topological polar surface area (TPSA) is 77.9 Å². The molecule has 1 aliphatic heterocycles. The molecule has 1 N–H and O–H groups in total. The number of hydrogen-bond acceptors (Lipinski definition) is 6. The third-order valence-electron chi connectivity index (χ3n) is 5.51. The molecule has 0 amide bonds. The van der Waals surface area contributed by atoms with Crippen LogP contribution in [0, 0.1) is 0 Å². The molecular weight excluding hydrogens is 394 g/mol. The number of esters is 1. The molecule has 31 heavy (non-hydrogen) atoms. The number of pyridine rings is 1. The molecule has 3 rings (SSSR count). The van der Waals surface area contributed by atoms with Crippen molar-refractivity contribution in [2.45, 2.75) is 71.3 Å². The Morgan fingerprint density at radius 1 is 1.13 bits per heavy atom. The summed E-state index contributed by atoms with van der Waals surface area (Å²) in [5.41, 5.74) is 3.12. The van der Waals surface area contributed by atoms with E-state index >= 15 is 0 Å². The highest BCUT2D eigenvalue weighted by molar-refractivity contribution is 5.70. The van der Waals surface area contributed by atoms with Crippen LogP contribution in [0.25, 0.3) is 0 Å². The molecule has 0 saturated heterocycles. The monoisotopic (exact) mass is 427 g/mol. The first-order valence-electron chi connectivity index (χ1n) is 11.3. The maximum Gasteiger partial charge on any atom is 0.306 e. The number of fused-ring (bicyclic) bond motifs is 1. The summed E-state index contributed by atoms with van der Waals surface area (Å²) in [6.45, 7) is 6.80. The zero-order valence-corrected chi connectivity index (χ0v) is 18.7. The van der Waals surface area contributed by atoms with E-state index in [9.17, 15) is 9.90 Å². The Balaban J connectivity index is 1.85. The predicted molar refractivity (Wildman–Crippen MR) is 118 cm³/mol. The van der Waals surface area contributed by atoms with Gasteiger partial charge in [-0.15, -0.1) is 0 Å². The standard InChI is InChI=1S/C25H33NO5/c1-4-6-8-19-10-11-20(24(26-19)17(3)14-23(27)29-13-7-5-2)25(28)18-9-12-21-22(15-18)31-16-30-21/h9-12,15,17,25,28H,4-8,13-14,16H2,1-3H3/t17-,25?/m0/s1. The third kappa shape index (κ3) is 5.97. The molecule has 1 aromatic carbocycles. The molecule has 6 nitrogen and oxygen atoms in total. The molecule has 2 heterocycles. The summed E-state index contributed by atoms with van der Waals surface area (Å²) in [4.78, 5) is 17.1. The van der Waals surface area contributed by atoms with E-state index in [1.54, 1.807) is 12.1 Å². The quantitative estimate of drug-likeness (QED) is 0.398. The molecule has 6 heteroatoms. The number of aryl methyl sites for hydroxylation is 1. The van der Waals surface area contributed by atoms with Crippen molar-refractivity contribution >= 4 is 5.97 Å². The van der Waals surface area contributed by atoms with Gasteiger partial charge < -0.3 is 19.3 Å². The maximum absolute atomic E-state index is 12.3. The first-order chi connectivity index (χ1) is 15.0. The second-order valence-corrected chi connectivity index (χ2v) is 8.08. The Bertz CT molecular complexity index is 882. The molecule has 2 aromatic rings. The van der Waals surface area contributed by atoms with Crippen molar-refractivity contribution in [2.24, 2.45) is 0 Å². The molecular formula is C25H33NO5. The summed E-state index contributed by atoms with van der Waals surface area (Å²) in [7, 11) is 0. The second kappa shape index (κ2) is 11.1. The van der Waals surface area contributed by atoms with Crippen LogP contribution in [0.15, 0.2) is 30.3 Å². The van der Waals surface area contributed by atoms with Gasteiger partial charge in [0.25, 0.3) is 0 Å². The van der Waals surface area contributed by atoms with Crippen LogP contribution in [0.2, 0.25) is 0 Å². The smallest absolute Gasteiger partial charge is 0.306 e. The van der Waals surface area contributed by atoms with E-state index < -0.39 is 6.10 Å². The highest BCUT2D eigenvalue weighted by Crippen LogP contribution is 2.37. The van der Waals surface area contributed by atoms with Crippen LogP contribution in [0.1, 0.15) is 87.4 Å². The number of unbranched alkanes of at least 4 members (excludes halogenated alkanes) is 2. The Hall–Kier alpha value is -2.60. The van der Waals surface area contributed by atoms with Gasteiger partial charge in [0.05, 0.1) is 18.7 Å². The zero-order chi connectivity index (χ0) is 22.2. The largest absolute Gasteiger partial charge is 0.466 e. The Labute approximate surface area is 184 Å². The van der Waals surface area contributed by atoms with E-state index in [4.69, 9.17) is 19.2 Å². The lowest BCUT2D eigenvalue weighted by Gasteiger charge is -2.20. The first kappa shape index (κ1) is 23.1. The molecule has 1 unspecified atom stereocenters. The van der Waals surface area contributed by atoms with Crippen molar-refractivity contribution in [1.29, 1.82) is 0 Å². The lowest BCUT2D eigenvalue weighted by Crippen LogP contribution is -2.15. The summed E-state index contributed by atoms with van der Waals surface area (Å²) in [6.07, 6.45) is 4.19. The van der Waals surface area contributed by atoms with Gasteiger partial charge in [0.2, 0.25) is 6.79 Å². The van der Waals surface area contributed by atoms with Crippen LogP contribution in [-0.2, 0) is 16.0 Å². The highest BCUT2D eigenvalue weighted by Gasteiger charge is 2.24. The fraction of sp³-hybridized carbons (Fsp3) is 0.520. The predicted octanol–water partition coefficient (Wildman–Crippen LogP) is 5.07. The van der Waals surface area contributed by atoms with Crippen LogP contribution in [0.4, 0.5) is 0 Å². The van der Waals surface area contributed by atoms with Crippen molar-refractivity contribution in [1.82, 2.24) is 4.98 Å². The Morgan fingerprint density at radius 3 is 2.68 bits per heavy atom. The molecule has 0 bridgehead atoms. The molecule has 0 fully saturated rings. The number of nitrogens with zero attached hydrogens (tertiary/aromatic N) is 1. The number of hydrogen-bond donors (Lipinski definition) is 1. The van der Waals surface area contributed by atoms with Crippen molar-refractivity contribution in [3.63, 3.8) is 0 Å². The average Bonchev–Trinajstić information content (AvgIpc) is 3.25.